The van der Waals surface area contributed by atoms with Crippen LogP contribution in [0.5, 0.6) is 5.75 Å². The quantitative estimate of drug-likeness (QED) is 0.467. The number of benzene rings is 2. The summed E-state index contributed by atoms with van der Waals surface area (Å²) < 4.78 is 0.686. The van der Waals surface area contributed by atoms with Crippen LogP contribution in [0.4, 0.5) is 5.82 Å². The van der Waals surface area contributed by atoms with Crippen LogP contribution in [-0.2, 0) is 0 Å². The van der Waals surface area contributed by atoms with Crippen LogP contribution in [0.2, 0.25) is 0 Å². The fourth-order valence-corrected chi connectivity index (χ4v) is 4.30. The summed E-state index contributed by atoms with van der Waals surface area (Å²) in [6.07, 6.45) is 0. The average Bonchev–Trinajstić information content (AvgIpc) is 2.95. The van der Waals surface area contributed by atoms with E-state index < -0.39 is 17.2 Å². The molecule has 2 heterocycles. The van der Waals surface area contributed by atoms with Crippen molar-refractivity contribution in [1.82, 2.24) is 9.97 Å². The molecule has 1 atom stereocenters. The number of aromatic hydroxyl groups is 1. The van der Waals surface area contributed by atoms with E-state index in [1.165, 1.54) is 6.07 Å². The standard InChI is InChI=1S/C20H12BrN3O4/c21-8-5-6-12(25)11(7-8)13-14-16(9-3-1-2-4-10(9)17(14)26)22-18-15(13)19(27)24-20(28)23-18/h1-7,13,25H,(H3,22,23,24,27,28). The minimum atomic E-state index is -0.843. The monoisotopic (exact) mass is 437 g/mol. The second-order valence-electron chi connectivity index (χ2n) is 6.62. The van der Waals surface area contributed by atoms with Gasteiger partial charge in [0.2, 0.25) is 0 Å². The van der Waals surface area contributed by atoms with Crippen LogP contribution in [0.3, 0.4) is 0 Å². The number of fused-ring (bicyclic) bond motifs is 3. The Hall–Kier alpha value is -3.39. The summed E-state index contributed by atoms with van der Waals surface area (Å²) in [6, 6.07) is 11.9. The zero-order chi connectivity index (χ0) is 19.6. The lowest BCUT2D eigenvalue weighted by Gasteiger charge is -2.27. The zero-order valence-corrected chi connectivity index (χ0v) is 15.8. The molecule has 1 unspecified atom stereocenters. The van der Waals surface area contributed by atoms with Gasteiger partial charge in [0.25, 0.3) is 5.56 Å². The number of phenols is 1. The molecule has 5 rings (SSSR count). The first-order valence-electron chi connectivity index (χ1n) is 8.46. The van der Waals surface area contributed by atoms with E-state index in [1.54, 1.807) is 30.3 Å². The number of anilines is 1. The summed E-state index contributed by atoms with van der Waals surface area (Å²) in [5, 5.41) is 13.6. The normalized spacial score (nSPS) is 17.0. The highest BCUT2D eigenvalue weighted by atomic mass is 79.9. The Kier molecular flexibility index (Phi) is 3.47. The molecule has 138 valence electrons. The van der Waals surface area contributed by atoms with Gasteiger partial charge >= 0.3 is 5.69 Å². The molecule has 1 aromatic heterocycles. The SMILES string of the molecule is O=C1C2=C(Nc3[nH]c(=O)[nH]c(=O)c3C2c2cc(Br)ccc2O)c2ccccc21. The van der Waals surface area contributed by atoms with Crippen molar-refractivity contribution in [3.05, 3.63) is 95.6 Å². The van der Waals surface area contributed by atoms with Crippen molar-refractivity contribution < 1.29 is 9.90 Å². The van der Waals surface area contributed by atoms with Gasteiger partial charge in [-0.15, -0.1) is 0 Å². The molecule has 8 heteroatoms. The number of halogens is 1. The minimum absolute atomic E-state index is 0.0535. The number of aromatic amines is 2. The van der Waals surface area contributed by atoms with Crippen LogP contribution < -0.4 is 16.6 Å². The van der Waals surface area contributed by atoms with E-state index in [0.717, 1.165) is 0 Å². The molecule has 0 saturated heterocycles. The van der Waals surface area contributed by atoms with Crippen molar-refractivity contribution in [3.63, 3.8) is 0 Å². The van der Waals surface area contributed by atoms with Gasteiger partial charge < -0.3 is 10.4 Å². The molecular weight excluding hydrogens is 426 g/mol. The van der Waals surface area contributed by atoms with E-state index in [9.17, 15) is 19.5 Å². The molecule has 2 aromatic carbocycles. The fourth-order valence-electron chi connectivity index (χ4n) is 3.92. The van der Waals surface area contributed by atoms with Crippen molar-refractivity contribution in [3.8, 4) is 5.75 Å². The third-order valence-corrected chi connectivity index (χ3v) is 5.56. The number of carbonyl (C=O) groups excluding carboxylic acids is 1. The molecule has 2 aliphatic rings. The number of allylic oxidation sites excluding steroid dienone is 1. The molecule has 0 spiro atoms. The maximum absolute atomic E-state index is 13.2. The van der Waals surface area contributed by atoms with E-state index in [2.05, 4.69) is 31.2 Å². The predicted molar refractivity (Wildman–Crippen MR) is 107 cm³/mol. The molecule has 1 aliphatic heterocycles. The molecule has 7 nitrogen and oxygen atoms in total. The molecule has 0 saturated carbocycles. The van der Waals surface area contributed by atoms with E-state index in [4.69, 9.17) is 0 Å². The maximum atomic E-state index is 13.2. The van der Waals surface area contributed by atoms with Gasteiger partial charge in [0, 0.05) is 26.7 Å². The van der Waals surface area contributed by atoms with Crippen LogP contribution in [0.25, 0.3) is 5.70 Å². The Balaban J connectivity index is 1.88. The maximum Gasteiger partial charge on any atom is 0.327 e. The van der Waals surface area contributed by atoms with Gasteiger partial charge in [-0.2, -0.15) is 0 Å². The number of hydrogen-bond acceptors (Lipinski definition) is 5. The summed E-state index contributed by atoms with van der Waals surface area (Å²) in [6.45, 7) is 0. The number of aromatic nitrogens is 2. The van der Waals surface area contributed by atoms with Gasteiger partial charge in [0.15, 0.2) is 5.78 Å². The van der Waals surface area contributed by atoms with Crippen LogP contribution >= 0.6 is 15.9 Å². The highest BCUT2D eigenvalue weighted by molar-refractivity contribution is 9.10. The van der Waals surface area contributed by atoms with Crippen LogP contribution in [0.15, 0.2) is 62.1 Å². The molecular formula is C20H12BrN3O4. The topological polar surface area (TPSA) is 115 Å². The van der Waals surface area contributed by atoms with Crippen LogP contribution in [0.1, 0.15) is 33.0 Å². The number of rotatable bonds is 1. The third-order valence-electron chi connectivity index (χ3n) is 5.06. The second-order valence-corrected chi connectivity index (χ2v) is 7.54. The van der Waals surface area contributed by atoms with Gasteiger partial charge in [-0.05, 0) is 18.2 Å². The van der Waals surface area contributed by atoms with Crippen molar-refractivity contribution >= 4 is 33.2 Å². The minimum Gasteiger partial charge on any atom is -0.508 e. The van der Waals surface area contributed by atoms with Crippen molar-refractivity contribution in [2.24, 2.45) is 0 Å². The Labute approximate surface area is 165 Å². The summed E-state index contributed by atoms with van der Waals surface area (Å²) in [5.74, 6) is -0.911. The number of hydrogen-bond donors (Lipinski definition) is 4. The molecule has 28 heavy (non-hydrogen) atoms. The van der Waals surface area contributed by atoms with E-state index in [1.807, 2.05) is 6.07 Å². The third kappa shape index (κ3) is 2.24. The molecule has 3 aromatic rings. The summed E-state index contributed by atoms with van der Waals surface area (Å²) in [5.41, 5.74) is 1.37. The van der Waals surface area contributed by atoms with E-state index >= 15 is 0 Å². The first-order chi connectivity index (χ1) is 13.5. The summed E-state index contributed by atoms with van der Waals surface area (Å²) in [4.78, 5) is 42.6. The molecule has 0 fully saturated rings. The number of carbonyl (C=O) groups is 1. The molecule has 0 amide bonds. The van der Waals surface area contributed by atoms with Gasteiger partial charge in [-0.25, -0.2) is 4.79 Å². The first kappa shape index (κ1) is 16.8. The summed E-state index contributed by atoms with van der Waals surface area (Å²) in [7, 11) is 0. The van der Waals surface area contributed by atoms with Crippen molar-refractivity contribution in [1.29, 1.82) is 0 Å². The van der Waals surface area contributed by atoms with E-state index in [-0.39, 0.29) is 22.9 Å². The molecule has 0 bridgehead atoms. The van der Waals surface area contributed by atoms with Gasteiger partial charge in [-0.3, -0.25) is 19.6 Å². The lowest BCUT2D eigenvalue weighted by Crippen LogP contribution is -2.33. The number of Topliss-reactive ketones (excluding diaryl/α,β-unsaturated/α-hetero) is 1. The Bertz CT molecular complexity index is 1340. The molecule has 0 radical (unpaired) electrons. The number of ketones is 1. The van der Waals surface area contributed by atoms with Crippen LogP contribution in [-0.4, -0.2) is 20.9 Å². The number of phenolic OH excluding ortho intramolecular Hbond substituents is 1. The zero-order valence-electron chi connectivity index (χ0n) is 14.2. The first-order valence-corrected chi connectivity index (χ1v) is 9.25. The largest absolute Gasteiger partial charge is 0.508 e. The number of H-pyrrole nitrogens is 2. The van der Waals surface area contributed by atoms with Gasteiger partial charge in [0.05, 0.1) is 17.2 Å². The molecule has 4 N–H and O–H groups in total. The Morgan fingerprint density at radius 1 is 0.964 bits per heavy atom. The number of nitrogens with one attached hydrogen (secondary N) is 3. The lowest BCUT2D eigenvalue weighted by molar-refractivity contribution is 0.103. The highest BCUT2D eigenvalue weighted by Crippen LogP contribution is 2.49. The lowest BCUT2D eigenvalue weighted by atomic mass is 9.81. The fraction of sp³-hybridized carbons (Fsp3) is 0.0500. The van der Waals surface area contributed by atoms with Gasteiger partial charge in [0.1, 0.15) is 11.6 Å². The average molecular weight is 438 g/mol. The second kappa shape index (κ2) is 5.80. The smallest absolute Gasteiger partial charge is 0.327 e. The van der Waals surface area contributed by atoms with Crippen molar-refractivity contribution in [2.45, 2.75) is 5.92 Å². The van der Waals surface area contributed by atoms with E-state index in [0.29, 0.717) is 32.4 Å². The Morgan fingerprint density at radius 3 is 2.50 bits per heavy atom. The Morgan fingerprint density at radius 2 is 1.71 bits per heavy atom. The summed E-state index contributed by atoms with van der Waals surface area (Å²) >= 11 is 3.38. The van der Waals surface area contributed by atoms with Crippen LogP contribution in [0, 0.1) is 0 Å². The van der Waals surface area contributed by atoms with Crippen molar-refractivity contribution in [2.75, 3.05) is 5.32 Å². The van der Waals surface area contributed by atoms with Gasteiger partial charge in [-0.1, -0.05) is 40.2 Å². The molecule has 1 aliphatic carbocycles. The highest BCUT2D eigenvalue weighted by Gasteiger charge is 2.42. The predicted octanol–water partition coefficient (Wildman–Crippen LogP) is 2.70.